The highest BCUT2D eigenvalue weighted by Gasteiger charge is 2.37. The second-order valence-electron chi connectivity index (χ2n) is 6.65. The maximum atomic E-state index is 12.7. The molecule has 134 valence electrons. The van der Waals surface area contributed by atoms with E-state index in [4.69, 9.17) is 19.1 Å². The quantitative estimate of drug-likeness (QED) is 0.890. The monoisotopic (exact) mass is 346 g/mol. The molecule has 2 aromatic rings. The molecule has 1 amide bonds. The number of benzene rings is 1. The molecule has 3 rings (SSSR count). The molecule has 7 nitrogen and oxygen atoms in total. The molecule has 0 aliphatic carbocycles. The van der Waals surface area contributed by atoms with Crippen LogP contribution in [0.15, 0.2) is 40.9 Å². The van der Waals surface area contributed by atoms with Crippen LogP contribution < -0.4 is 4.74 Å². The second kappa shape index (κ2) is 7.25. The van der Waals surface area contributed by atoms with Gasteiger partial charge in [0.1, 0.15) is 25.1 Å². The van der Waals surface area contributed by atoms with E-state index in [1.54, 1.807) is 4.90 Å². The van der Waals surface area contributed by atoms with Crippen molar-refractivity contribution >= 4 is 5.91 Å². The van der Waals surface area contributed by atoms with E-state index in [2.05, 4.69) is 5.16 Å². The maximum absolute atomic E-state index is 12.7. The first-order chi connectivity index (χ1) is 12.0. The molecule has 1 saturated heterocycles. The Hall–Kier alpha value is -2.38. The van der Waals surface area contributed by atoms with Gasteiger partial charge in [0.2, 0.25) is 0 Å². The minimum atomic E-state index is -0.498. The highest BCUT2D eigenvalue weighted by molar-refractivity contribution is 5.92. The number of para-hydroxylation sites is 1. The third-order valence-corrected chi connectivity index (χ3v) is 3.88. The van der Waals surface area contributed by atoms with Gasteiger partial charge >= 0.3 is 0 Å². The number of carbonyl (C=O) groups excluding carboxylic acids is 1. The minimum Gasteiger partial charge on any atom is -0.491 e. The second-order valence-corrected chi connectivity index (χ2v) is 6.65. The molecule has 7 heteroatoms. The summed E-state index contributed by atoms with van der Waals surface area (Å²) in [5.41, 5.74) is -0.313. The molecule has 0 radical (unpaired) electrons. The van der Waals surface area contributed by atoms with E-state index in [0.29, 0.717) is 19.7 Å². The van der Waals surface area contributed by atoms with Crippen molar-refractivity contribution in [2.24, 2.45) is 0 Å². The van der Waals surface area contributed by atoms with Gasteiger partial charge in [-0.2, -0.15) is 0 Å². The van der Waals surface area contributed by atoms with Crippen molar-refractivity contribution in [3.05, 3.63) is 47.9 Å². The molecule has 1 N–H and O–H groups in total. The molecule has 1 atom stereocenters. The molecular weight excluding hydrogens is 324 g/mol. The van der Waals surface area contributed by atoms with Gasteiger partial charge in [0.25, 0.3) is 5.91 Å². The van der Waals surface area contributed by atoms with Gasteiger partial charge in [-0.25, -0.2) is 0 Å². The standard InChI is InChI=1S/C18H22N2O5/c1-18(2)12-20(17(22)16-8-14(10-21)25-19-16)9-15(24-18)11-23-13-6-4-3-5-7-13/h3-8,15,21H,9-12H2,1-2H3/t15-/m0/s1. The zero-order valence-electron chi connectivity index (χ0n) is 14.3. The Morgan fingerprint density at radius 2 is 2.16 bits per heavy atom. The van der Waals surface area contributed by atoms with Crippen molar-refractivity contribution in [2.75, 3.05) is 19.7 Å². The summed E-state index contributed by atoms with van der Waals surface area (Å²) in [7, 11) is 0. The summed E-state index contributed by atoms with van der Waals surface area (Å²) in [6.45, 7) is 4.76. The summed E-state index contributed by atoms with van der Waals surface area (Å²) in [5.74, 6) is 0.779. The number of morpholine rings is 1. The van der Waals surface area contributed by atoms with E-state index in [1.807, 2.05) is 44.2 Å². The lowest BCUT2D eigenvalue weighted by atomic mass is 10.0. The molecule has 0 unspecified atom stereocenters. The number of nitrogens with zero attached hydrogens (tertiary/aromatic N) is 2. The summed E-state index contributed by atoms with van der Waals surface area (Å²) >= 11 is 0. The highest BCUT2D eigenvalue weighted by atomic mass is 16.6. The zero-order chi connectivity index (χ0) is 17.9. The molecule has 1 aliphatic heterocycles. The summed E-state index contributed by atoms with van der Waals surface area (Å²) in [6, 6.07) is 10.9. The zero-order valence-corrected chi connectivity index (χ0v) is 14.3. The highest BCUT2D eigenvalue weighted by Crippen LogP contribution is 2.23. The van der Waals surface area contributed by atoms with Crippen molar-refractivity contribution < 1.29 is 23.9 Å². The molecule has 2 heterocycles. The number of amides is 1. The fraction of sp³-hybridized carbons (Fsp3) is 0.444. The summed E-state index contributed by atoms with van der Waals surface area (Å²) in [4.78, 5) is 14.3. The van der Waals surface area contributed by atoms with Crippen LogP contribution in [0.1, 0.15) is 30.1 Å². The number of rotatable bonds is 5. The Labute approximate surface area is 146 Å². The summed E-state index contributed by atoms with van der Waals surface area (Å²) in [5, 5.41) is 12.8. The molecule has 0 spiro atoms. The third-order valence-electron chi connectivity index (χ3n) is 3.88. The van der Waals surface area contributed by atoms with Crippen molar-refractivity contribution in [2.45, 2.75) is 32.2 Å². The smallest absolute Gasteiger partial charge is 0.276 e. The largest absolute Gasteiger partial charge is 0.491 e. The lowest BCUT2D eigenvalue weighted by Gasteiger charge is -2.42. The number of hydrogen-bond acceptors (Lipinski definition) is 6. The molecule has 1 aromatic carbocycles. The van der Waals surface area contributed by atoms with Crippen LogP contribution in [0.4, 0.5) is 0 Å². The maximum Gasteiger partial charge on any atom is 0.276 e. The molecular formula is C18H22N2O5. The summed E-state index contributed by atoms with van der Waals surface area (Å²) < 4.78 is 16.7. The van der Waals surface area contributed by atoms with Gasteiger partial charge < -0.3 is 24.0 Å². The van der Waals surface area contributed by atoms with Crippen molar-refractivity contribution in [3.8, 4) is 5.75 Å². The topological polar surface area (TPSA) is 85.0 Å². The summed E-state index contributed by atoms with van der Waals surface area (Å²) in [6.07, 6.45) is -0.253. The van der Waals surface area contributed by atoms with Gasteiger partial charge in [0, 0.05) is 12.6 Å². The first kappa shape index (κ1) is 17.4. The third kappa shape index (κ3) is 4.37. The number of ether oxygens (including phenoxy) is 2. The van der Waals surface area contributed by atoms with E-state index in [9.17, 15) is 4.79 Å². The number of aromatic nitrogens is 1. The lowest BCUT2D eigenvalue weighted by molar-refractivity contribution is -0.136. The van der Waals surface area contributed by atoms with Crippen LogP contribution in [0.25, 0.3) is 0 Å². The predicted molar refractivity (Wildman–Crippen MR) is 89.2 cm³/mol. The van der Waals surface area contributed by atoms with Crippen molar-refractivity contribution in [3.63, 3.8) is 0 Å². The van der Waals surface area contributed by atoms with E-state index in [0.717, 1.165) is 5.75 Å². The van der Waals surface area contributed by atoms with Gasteiger partial charge in [-0.15, -0.1) is 0 Å². The van der Waals surface area contributed by atoms with Crippen LogP contribution in [0, 0.1) is 0 Å². The van der Waals surface area contributed by atoms with Gasteiger partial charge in [0.15, 0.2) is 11.5 Å². The molecule has 1 fully saturated rings. The fourth-order valence-corrected chi connectivity index (χ4v) is 2.89. The Morgan fingerprint density at radius 3 is 2.84 bits per heavy atom. The average Bonchev–Trinajstić information content (AvgIpc) is 3.08. The van der Waals surface area contributed by atoms with Crippen LogP contribution in [0.3, 0.4) is 0 Å². The van der Waals surface area contributed by atoms with Crippen LogP contribution in [-0.2, 0) is 11.3 Å². The van der Waals surface area contributed by atoms with Crippen LogP contribution in [0.5, 0.6) is 5.75 Å². The number of carbonyl (C=O) groups is 1. The van der Waals surface area contributed by atoms with Gasteiger partial charge in [-0.05, 0) is 26.0 Å². The molecule has 0 saturated carbocycles. The van der Waals surface area contributed by atoms with Gasteiger partial charge in [-0.1, -0.05) is 23.4 Å². The van der Waals surface area contributed by atoms with E-state index >= 15 is 0 Å². The molecule has 0 bridgehead atoms. The van der Waals surface area contributed by atoms with E-state index < -0.39 is 5.60 Å². The first-order valence-electron chi connectivity index (χ1n) is 8.18. The number of aliphatic hydroxyl groups excluding tert-OH is 1. The number of aliphatic hydroxyl groups is 1. The normalized spacial score (nSPS) is 19.6. The minimum absolute atomic E-state index is 0.185. The van der Waals surface area contributed by atoms with E-state index in [1.165, 1.54) is 6.07 Å². The Morgan fingerprint density at radius 1 is 1.40 bits per heavy atom. The Kier molecular flexibility index (Phi) is 5.06. The van der Waals surface area contributed by atoms with Gasteiger partial charge in [0.05, 0.1) is 12.1 Å². The first-order valence-corrected chi connectivity index (χ1v) is 8.18. The SMILES string of the molecule is CC1(C)CN(C(=O)c2cc(CO)on2)C[C@@H](COc2ccccc2)O1. The average molecular weight is 346 g/mol. The van der Waals surface area contributed by atoms with Gasteiger partial charge in [-0.3, -0.25) is 4.79 Å². The van der Waals surface area contributed by atoms with E-state index in [-0.39, 0.29) is 30.1 Å². The van der Waals surface area contributed by atoms with Crippen molar-refractivity contribution in [1.29, 1.82) is 0 Å². The van der Waals surface area contributed by atoms with Crippen LogP contribution in [-0.4, -0.2) is 52.5 Å². The van der Waals surface area contributed by atoms with Crippen LogP contribution >= 0.6 is 0 Å². The fourth-order valence-electron chi connectivity index (χ4n) is 2.89. The Balaban J connectivity index is 1.66. The Bertz CT molecular complexity index is 713. The van der Waals surface area contributed by atoms with Crippen molar-refractivity contribution in [1.82, 2.24) is 10.1 Å². The number of hydrogen-bond donors (Lipinski definition) is 1. The lowest BCUT2D eigenvalue weighted by Crippen LogP contribution is -2.56. The van der Waals surface area contributed by atoms with Crippen LogP contribution in [0.2, 0.25) is 0 Å². The predicted octanol–water partition coefficient (Wildman–Crippen LogP) is 1.87. The molecule has 25 heavy (non-hydrogen) atoms. The molecule has 1 aromatic heterocycles. The molecule has 1 aliphatic rings.